The summed E-state index contributed by atoms with van der Waals surface area (Å²) in [5, 5.41) is 0. The zero-order valence-corrected chi connectivity index (χ0v) is 13.3. The predicted octanol–water partition coefficient (Wildman–Crippen LogP) is 3.32. The molecule has 0 fully saturated rings. The Morgan fingerprint density at radius 1 is 1.27 bits per heavy atom. The molecule has 0 amide bonds. The fourth-order valence-corrected chi connectivity index (χ4v) is 2.55. The van der Waals surface area contributed by atoms with E-state index in [1.807, 2.05) is 18.2 Å². The summed E-state index contributed by atoms with van der Waals surface area (Å²) >= 11 is 0. The molecule has 2 rings (SSSR count). The van der Waals surface area contributed by atoms with E-state index >= 15 is 0 Å². The molecule has 0 spiro atoms. The number of aromatic nitrogens is 1. The van der Waals surface area contributed by atoms with Crippen LogP contribution >= 0.6 is 0 Å². The van der Waals surface area contributed by atoms with E-state index in [-0.39, 0.29) is 18.4 Å². The van der Waals surface area contributed by atoms with Crippen LogP contribution in [-0.2, 0) is 9.53 Å². The van der Waals surface area contributed by atoms with E-state index in [9.17, 15) is 4.79 Å². The van der Waals surface area contributed by atoms with E-state index in [1.165, 1.54) is 11.1 Å². The summed E-state index contributed by atoms with van der Waals surface area (Å²) in [6.07, 6.45) is 1.91. The van der Waals surface area contributed by atoms with Crippen molar-refractivity contribution in [2.24, 2.45) is 5.73 Å². The van der Waals surface area contributed by atoms with Crippen molar-refractivity contribution in [3.8, 4) is 11.3 Å². The molecule has 1 aromatic carbocycles. The molecule has 0 unspecified atom stereocenters. The first-order valence-electron chi connectivity index (χ1n) is 7.46. The third kappa shape index (κ3) is 3.71. The van der Waals surface area contributed by atoms with Crippen molar-refractivity contribution in [1.29, 1.82) is 0 Å². The Bertz CT molecular complexity index is 648. The summed E-state index contributed by atoms with van der Waals surface area (Å²) in [5.74, 6) is -0.277. The van der Waals surface area contributed by atoms with Gasteiger partial charge in [0.05, 0.1) is 18.7 Å². The molecule has 0 aliphatic rings. The number of rotatable bonds is 5. The van der Waals surface area contributed by atoms with Crippen LogP contribution in [0.15, 0.2) is 36.5 Å². The SMILES string of the molecule is CCOC(=O)C[C@@H](N)c1ccnc(-c2c(C)cccc2C)c1. The van der Waals surface area contributed by atoms with Crippen LogP contribution in [0.4, 0.5) is 0 Å². The normalized spacial score (nSPS) is 12.0. The Morgan fingerprint density at radius 3 is 2.59 bits per heavy atom. The van der Waals surface area contributed by atoms with Gasteiger partial charge in [-0.3, -0.25) is 9.78 Å². The lowest BCUT2D eigenvalue weighted by Crippen LogP contribution is -2.17. The number of ether oxygens (including phenoxy) is 1. The van der Waals surface area contributed by atoms with Gasteiger partial charge >= 0.3 is 5.97 Å². The summed E-state index contributed by atoms with van der Waals surface area (Å²) in [4.78, 5) is 16.0. The molecule has 1 aromatic heterocycles. The van der Waals surface area contributed by atoms with Gasteiger partial charge in [0.25, 0.3) is 0 Å². The molecule has 0 aliphatic carbocycles. The van der Waals surface area contributed by atoms with Crippen molar-refractivity contribution in [3.05, 3.63) is 53.2 Å². The van der Waals surface area contributed by atoms with Gasteiger partial charge in [-0.15, -0.1) is 0 Å². The van der Waals surface area contributed by atoms with E-state index in [4.69, 9.17) is 10.5 Å². The number of aryl methyl sites for hydroxylation is 2. The Labute approximate surface area is 131 Å². The summed E-state index contributed by atoms with van der Waals surface area (Å²) in [6.45, 7) is 6.29. The molecule has 0 saturated carbocycles. The van der Waals surface area contributed by atoms with Crippen molar-refractivity contribution < 1.29 is 9.53 Å². The monoisotopic (exact) mass is 298 g/mol. The average molecular weight is 298 g/mol. The molecule has 2 N–H and O–H groups in total. The van der Waals surface area contributed by atoms with Crippen LogP contribution in [0.2, 0.25) is 0 Å². The van der Waals surface area contributed by atoms with Crippen LogP contribution in [-0.4, -0.2) is 17.6 Å². The maximum Gasteiger partial charge on any atom is 0.307 e. The van der Waals surface area contributed by atoms with Crippen LogP contribution in [0.3, 0.4) is 0 Å². The molecule has 116 valence electrons. The maximum atomic E-state index is 11.6. The third-order valence-corrected chi connectivity index (χ3v) is 3.64. The third-order valence-electron chi connectivity index (χ3n) is 3.64. The van der Waals surface area contributed by atoms with Crippen molar-refractivity contribution >= 4 is 5.97 Å². The maximum absolute atomic E-state index is 11.6. The average Bonchev–Trinajstić information content (AvgIpc) is 2.47. The minimum atomic E-state index is -0.384. The van der Waals surface area contributed by atoms with Crippen molar-refractivity contribution in [3.63, 3.8) is 0 Å². The summed E-state index contributed by atoms with van der Waals surface area (Å²) in [6, 6.07) is 9.58. The van der Waals surface area contributed by atoms with Gasteiger partial charge in [-0.05, 0) is 49.6 Å². The molecule has 4 heteroatoms. The summed E-state index contributed by atoms with van der Waals surface area (Å²) in [5.41, 5.74) is 11.4. The highest BCUT2D eigenvalue weighted by Crippen LogP contribution is 2.27. The second kappa shape index (κ2) is 7.18. The van der Waals surface area contributed by atoms with Crippen molar-refractivity contribution in [2.75, 3.05) is 6.61 Å². The highest BCUT2D eigenvalue weighted by molar-refractivity contribution is 5.71. The number of hydrogen-bond donors (Lipinski definition) is 1. The molecule has 0 aliphatic heterocycles. The Kier molecular flexibility index (Phi) is 5.28. The molecule has 0 saturated heterocycles. The highest BCUT2D eigenvalue weighted by Gasteiger charge is 2.14. The number of esters is 1. The number of hydrogen-bond acceptors (Lipinski definition) is 4. The van der Waals surface area contributed by atoms with Crippen LogP contribution in [0.25, 0.3) is 11.3 Å². The number of pyridine rings is 1. The number of benzene rings is 1. The summed E-state index contributed by atoms with van der Waals surface area (Å²) in [7, 11) is 0. The lowest BCUT2D eigenvalue weighted by molar-refractivity contribution is -0.143. The lowest BCUT2D eigenvalue weighted by atomic mass is 9.97. The van der Waals surface area contributed by atoms with E-state index in [0.29, 0.717) is 6.61 Å². The number of nitrogens with two attached hydrogens (primary N) is 1. The minimum absolute atomic E-state index is 0.171. The molecule has 2 aromatic rings. The van der Waals surface area contributed by atoms with Gasteiger partial charge in [-0.1, -0.05) is 18.2 Å². The highest BCUT2D eigenvalue weighted by atomic mass is 16.5. The van der Waals surface area contributed by atoms with Gasteiger partial charge in [0.15, 0.2) is 0 Å². The zero-order chi connectivity index (χ0) is 16.1. The number of nitrogens with zero attached hydrogens (tertiary/aromatic N) is 1. The molecule has 1 atom stereocenters. The van der Waals surface area contributed by atoms with Crippen molar-refractivity contribution in [1.82, 2.24) is 4.98 Å². The largest absolute Gasteiger partial charge is 0.466 e. The van der Waals surface area contributed by atoms with Gasteiger partial charge in [0.1, 0.15) is 0 Å². The van der Waals surface area contributed by atoms with Crippen LogP contribution in [0, 0.1) is 13.8 Å². The second-order valence-electron chi connectivity index (χ2n) is 5.36. The summed E-state index contributed by atoms with van der Waals surface area (Å²) < 4.78 is 4.95. The van der Waals surface area contributed by atoms with Gasteiger partial charge < -0.3 is 10.5 Å². The molecular weight excluding hydrogens is 276 g/mol. The Hall–Kier alpha value is -2.20. The molecule has 1 heterocycles. The smallest absolute Gasteiger partial charge is 0.307 e. The topological polar surface area (TPSA) is 65.2 Å². The predicted molar refractivity (Wildman–Crippen MR) is 87.3 cm³/mol. The van der Waals surface area contributed by atoms with E-state index in [2.05, 4.69) is 31.0 Å². The quantitative estimate of drug-likeness (QED) is 0.860. The van der Waals surface area contributed by atoms with Gasteiger partial charge in [-0.25, -0.2) is 0 Å². The van der Waals surface area contributed by atoms with Crippen LogP contribution < -0.4 is 5.73 Å². The number of carbonyl (C=O) groups is 1. The Balaban J connectivity index is 2.29. The van der Waals surface area contributed by atoms with Gasteiger partial charge in [0, 0.05) is 17.8 Å². The van der Waals surface area contributed by atoms with Crippen molar-refractivity contribution in [2.45, 2.75) is 33.2 Å². The van der Waals surface area contributed by atoms with Gasteiger partial charge in [-0.2, -0.15) is 0 Å². The first-order chi connectivity index (χ1) is 10.5. The van der Waals surface area contributed by atoms with Crippen LogP contribution in [0.5, 0.6) is 0 Å². The Morgan fingerprint density at radius 2 is 1.95 bits per heavy atom. The molecule has 22 heavy (non-hydrogen) atoms. The fourth-order valence-electron chi connectivity index (χ4n) is 2.55. The molecule has 0 radical (unpaired) electrons. The number of carbonyl (C=O) groups excluding carboxylic acids is 1. The standard InChI is InChI=1S/C18H22N2O2/c1-4-22-17(21)11-15(19)14-8-9-20-16(10-14)18-12(2)6-5-7-13(18)3/h5-10,15H,4,11,19H2,1-3H3/t15-/m1/s1. The first kappa shape index (κ1) is 16.2. The lowest BCUT2D eigenvalue weighted by Gasteiger charge is -2.14. The molecule has 0 bridgehead atoms. The fraction of sp³-hybridized carbons (Fsp3) is 0.333. The second-order valence-corrected chi connectivity index (χ2v) is 5.36. The first-order valence-corrected chi connectivity index (χ1v) is 7.46. The minimum Gasteiger partial charge on any atom is -0.466 e. The van der Waals surface area contributed by atoms with Crippen LogP contribution in [0.1, 0.15) is 36.1 Å². The molecule has 4 nitrogen and oxygen atoms in total. The van der Waals surface area contributed by atoms with Gasteiger partial charge in [0.2, 0.25) is 0 Å². The van der Waals surface area contributed by atoms with E-state index < -0.39 is 0 Å². The zero-order valence-electron chi connectivity index (χ0n) is 13.3. The van der Waals surface area contributed by atoms with E-state index in [0.717, 1.165) is 16.8 Å². The van der Waals surface area contributed by atoms with E-state index in [1.54, 1.807) is 13.1 Å². The molecular formula is C18H22N2O2.